The Bertz CT molecular complexity index is 642. The average Bonchev–Trinajstić information content (AvgIpc) is 2.68. The summed E-state index contributed by atoms with van der Waals surface area (Å²) in [4.78, 5) is 9.63. The third-order valence-electron chi connectivity index (χ3n) is 3.56. The number of rotatable bonds is 1. The van der Waals surface area contributed by atoms with Crippen LogP contribution in [0.4, 0.5) is 11.5 Å². The first-order chi connectivity index (χ1) is 9.08. The molecule has 0 radical (unpaired) electrons. The van der Waals surface area contributed by atoms with Gasteiger partial charge in [0.15, 0.2) is 0 Å². The largest absolute Gasteiger partial charge is 0.343 e. The molecule has 19 heavy (non-hydrogen) atoms. The highest BCUT2D eigenvalue weighted by molar-refractivity contribution is 6.30. The number of nitrogens with two attached hydrogens (primary N) is 1. The van der Waals surface area contributed by atoms with E-state index in [1.165, 1.54) is 5.56 Å². The fraction of sp³-hybridized carbons (Fsp3) is 0.214. The van der Waals surface area contributed by atoms with Crippen molar-refractivity contribution in [3.63, 3.8) is 0 Å². The zero-order valence-electron chi connectivity index (χ0n) is 10.8. The number of nitrogens with zero attached hydrogens (tertiary/aromatic N) is 2. The maximum absolute atomic E-state index is 6.36. The summed E-state index contributed by atoms with van der Waals surface area (Å²) in [5, 5.41) is 0.709. The summed E-state index contributed by atoms with van der Waals surface area (Å²) >= 11 is 5.91. The van der Waals surface area contributed by atoms with Gasteiger partial charge in [-0.3, -0.25) is 0 Å². The molecular weight excluding hydrogens is 260 g/mol. The molecule has 1 aromatic heterocycles. The van der Waals surface area contributed by atoms with Crippen LogP contribution < -0.4 is 10.6 Å². The Hall–Kier alpha value is -1.78. The molecule has 0 amide bonds. The van der Waals surface area contributed by atoms with Crippen LogP contribution >= 0.6 is 11.6 Å². The maximum Gasteiger partial charge on any atom is 0.138 e. The van der Waals surface area contributed by atoms with Crippen LogP contribution in [0.3, 0.4) is 0 Å². The minimum atomic E-state index is -0.237. The molecule has 0 fully saturated rings. The van der Waals surface area contributed by atoms with Gasteiger partial charge in [-0.05, 0) is 43.7 Å². The van der Waals surface area contributed by atoms with Crippen molar-refractivity contribution in [1.82, 2.24) is 4.98 Å². The summed E-state index contributed by atoms with van der Waals surface area (Å²) in [6.07, 6.45) is 1.52. The standard InChI is InChI=1S/C14H15ClN4/c1-8-9(2)18-14-12(8)13(16)19(7-17-14)11-5-3-10(15)4-6-11/h3-7,13,18H,16H2,1-2H3. The molecule has 0 aliphatic carbocycles. The predicted molar refractivity (Wildman–Crippen MR) is 79.3 cm³/mol. The van der Waals surface area contributed by atoms with Crippen molar-refractivity contribution in [2.24, 2.45) is 10.7 Å². The van der Waals surface area contributed by atoms with Crippen molar-refractivity contribution in [2.75, 3.05) is 4.90 Å². The zero-order chi connectivity index (χ0) is 13.6. The summed E-state index contributed by atoms with van der Waals surface area (Å²) in [5.41, 5.74) is 10.7. The molecule has 1 aromatic carbocycles. The Balaban J connectivity index is 2.03. The average molecular weight is 275 g/mol. The molecular formula is C14H15ClN4. The van der Waals surface area contributed by atoms with Crippen molar-refractivity contribution in [3.05, 3.63) is 46.1 Å². The smallest absolute Gasteiger partial charge is 0.138 e. The molecule has 0 bridgehead atoms. The lowest BCUT2D eigenvalue weighted by atomic mass is 10.1. The Morgan fingerprint density at radius 3 is 2.63 bits per heavy atom. The number of aromatic amines is 1. The van der Waals surface area contributed by atoms with E-state index in [4.69, 9.17) is 17.3 Å². The van der Waals surface area contributed by atoms with Crippen molar-refractivity contribution >= 4 is 29.4 Å². The second-order valence-electron chi connectivity index (χ2n) is 4.71. The molecule has 1 aliphatic rings. The van der Waals surface area contributed by atoms with Gasteiger partial charge in [-0.1, -0.05) is 11.6 Å². The Labute approximate surface area is 116 Å². The van der Waals surface area contributed by atoms with E-state index >= 15 is 0 Å². The van der Waals surface area contributed by atoms with Gasteiger partial charge < -0.3 is 15.6 Å². The first-order valence-corrected chi connectivity index (χ1v) is 6.48. The van der Waals surface area contributed by atoms with Gasteiger partial charge in [0.1, 0.15) is 12.0 Å². The molecule has 0 spiro atoms. The predicted octanol–water partition coefficient (Wildman–Crippen LogP) is 3.42. The number of anilines is 1. The second kappa shape index (κ2) is 4.40. The van der Waals surface area contributed by atoms with Gasteiger partial charge in [-0.2, -0.15) is 0 Å². The third-order valence-corrected chi connectivity index (χ3v) is 3.81. The van der Waals surface area contributed by atoms with Gasteiger partial charge in [0.2, 0.25) is 0 Å². The molecule has 1 atom stereocenters. The SMILES string of the molecule is Cc1[nH]c2c(c1C)C(N)N(c1ccc(Cl)cc1)C=N2. The van der Waals surface area contributed by atoms with Crippen LogP contribution in [0.1, 0.15) is 23.0 Å². The maximum atomic E-state index is 6.36. The van der Waals surface area contributed by atoms with Gasteiger partial charge in [0.25, 0.3) is 0 Å². The molecule has 1 unspecified atom stereocenters. The molecule has 3 rings (SSSR count). The number of benzene rings is 1. The van der Waals surface area contributed by atoms with Gasteiger partial charge in [0.05, 0.1) is 6.34 Å². The monoisotopic (exact) mass is 274 g/mol. The van der Waals surface area contributed by atoms with Crippen molar-refractivity contribution in [1.29, 1.82) is 0 Å². The minimum Gasteiger partial charge on any atom is -0.343 e. The summed E-state index contributed by atoms with van der Waals surface area (Å²) < 4.78 is 0. The number of fused-ring (bicyclic) bond motifs is 1. The number of H-pyrrole nitrogens is 1. The number of halogens is 1. The fourth-order valence-corrected chi connectivity index (χ4v) is 2.48. The molecule has 4 nitrogen and oxygen atoms in total. The molecule has 3 N–H and O–H groups in total. The fourth-order valence-electron chi connectivity index (χ4n) is 2.35. The van der Waals surface area contributed by atoms with E-state index in [2.05, 4.69) is 16.9 Å². The summed E-state index contributed by atoms with van der Waals surface area (Å²) in [6, 6.07) is 7.58. The highest BCUT2D eigenvalue weighted by atomic mass is 35.5. The van der Waals surface area contributed by atoms with Gasteiger partial charge in [0, 0.05) is 22.0 Å². The van der Waals surface area contributed by atoms with Gasteiger partial charge in [-0.25, -0.2) is 4.99 Å². The first-order valence-electron chi connectivity index (χ1n) is 6.10. The Morgan fingerprint density at radius 1 is 1.26 bits per heavy atom. The van der Waals surface area contributed by atoms with E-state index in [1.54, 1.807) is 6.34 Å². The second-order valence-corrected chi connectivity index (χ2v) is 5.15. The third kappa shape index (κ3) is 1.93. The highest BCUT2D eigenvalue weighted by Gasteiger charge is 2.26. The van der Waals surface area contributed by atoms with Crippen molar-refractivity contribution in [3.8, 4) is 0 Å². The van der Waals surface area contributed by atoms with Crippen LogP contribution in [0, 0.1) is 13.8 Å². The van der Waals surface area contributed by atoms with Crippen LogP contribution in [0.5, 0.6) is 0 Å². The van der Waals surface area contributed by atoms with Crippen LogP contribution in [-0.4, -0.2) is 11.3 Å². The lowest BCUT2D eigenvalue weighted by Crippen LogP contribution is -2.35. The molecule has 1 aliphatic heterocycles. The number of hydrogen-bond donors (Lipinski definition) is 2. The van der Waals surface area contributed by atoms with E-state index in [1.807, 2.05) is 36.1 Å². The normalized spacial score (nSPS) is 17.7. The van der Waals surface area contributed by atoms with Gasteiger partial charge >= 0.3 is 0 Å². The van der Waals surface area contributed by atoms with E-state index in [0.29, 0.717) is 5.02 Å². The van der Waals surface area contributed by atoms with E-state index in [0.717, 1.165) is 22.8 Å². The summed E-state index contributed by atoms with van der Waals surface area (Å²) in [5.74, 6) is 0.854. The number of hydrogen-bond acceptors (Lipinski definition) is 3. The number of aromatic nitrogens is 1. The zero-order valence-corrected chi connectivity index (χ0v) is 11.6. The van der Waals surface area contributed by atoms with Crippen LogP contribution in [0.25, 0.3) is 0 Å². The van der Waals surface area contributed by atoms with E-state index < -0.39 is 0 Å². The molecule has 2 aromatic rings. The molecule has 2 heterocycles. The van der Waals surface area contributed by atoms with Crippen LogP contribution in [0.15, 0.2) is 29.3 Å². The Kier molecular flexibility index (Phi) is 2.84. The molecule has 0 saturated carbocycles. The number of aryl methyl sites for hydroxylation is 1. The first kappa shape index (κ1) is 12.3. The number of aliphatic imine (C=N–C) groups is 1. The van der Waals surface area contributed by atoms with Crippen molar-refractivity contribution < 1.29 is 0 Å². The summed E-state index contributed by atoms with van der Waals surface area (Å²) in [7, 11) is 0. The molecule has 98 valence electrons. The van der Waals surface area contributed by atoms with Crippen LogP contribution in [0.2, 0.25) is 5.02 Å². The lowest BCUT2D eigenvalue weighted by molar-refractivity contribution is 0.746. The van der Waals surface area contributed by atoms with E-state index in [9.17, 15) is 0 Å². The number of nitrogens with one attached hydrogen (secondary N) is 1. The highest BCUT2D eigenvalue weighted by Crippen LogP contribution is 2.36. The molecule has 5 heteroatoms. The minimum absolute atomic E-state index is 0.237. The Morgan fingerprint density at radius 2 is 1.95 bits per heavy atom. The summed E-state index contributed by atoms with van der Waals surface area (Å²) in [6.45, 7) is 4.09. The van der Waals surface area contributed by atoms with E-state index in [-0.39, 0.29) is 6.17 Å². The molecule has 0 saturated heterocycles. The lowest BCUT2D eigenvalue weighted by Gasteiger charge is -2.30. The van der Waals surface area contributed by atoms with Gasteiger partial charge in [-0.15, -0.1) is 0 Å². The topological polar surface area (TPSA) is 57.4 Å². The quantitative estimate of drug-likeness (QED) is 0.837. The van der Waals surface area contributed by atoms with Crippen molar-refractivity contribution in [2.45, 2.75) is 20.0 Å². The van der Waals surface area contributed by atoms with Crippen LogP contribution in [-0.2, 0) is 0 Å².